The van der Waals surface area contributed by atoms with Crippen molar-refractivity contribution < 1.29 is 14.4 Å². The molecule has 1 aromatic carbocycles. The Kier molecular flexibility index (Phi) is 3.37. The van der Waals surface area contributed by atoms with E-state index in [-0.39, 0.29) is 5.91 Å². The lowest BCUT2D eigenvalue weighted by atomic mass is 9.95. The number of aryl methyl sites for hydroxylation is 2. The van der Waals surface area contributed by atoms with Gasteiger partial charge in [0.2, 0.25) is 0 Å². The maximum absolute atomic E-state index is 13.5. The number of aliphatic hydroxyl groups is 1. The van der Waals surface area contributed by atoms with Crippen LogP contribution >= 0.6 is 0 Å². The van der Waals surface area contributed by atoms with Crippen molar-refractivity contribution in [2.24, 2.45) is 0 Å². The number of amides is 1. The van der Waals surface area contributed by atoms with Crippen LogP contribution in [0.25, 0.3) is 11.1 Å². The van der Waals surface area contributed by atoms with E-state index in [2.05, 4.69) is 10.1 Å². The second-order valence-corrected chi connectivity index (χ2v) is 7.11. The molecule has 1 amide bonds. The van der Waals surface area contributed by atoms with E-state index in [1.165, 1.54) is 0 Å². The summed E-state index contributed by atoms with van der Waals surface area (Å²) in [4.78, 5) is 19.8. The van der Waals surface area contributed by atoms with Crippen molar-refractivity contribution in [3.8, 4) is 0 Å². The third-order valence-corrected chi connectivity index (χ3v) is 5.49. The molecule has 6 nitrogen and oxygen atoms in total. The highest BCUT2D eigenvalue weighted by Gasteiger charge is 2.33. The lowest BCUT2D eigenvalue weighted by Crippen LogP contribution is -2.38. The number of benzene rings is 1. The molecule has 132 valence electrons. The summed E-state index contributed by atoms with van der Waals surface area (Å²) >= 11 is 0. The van der Waals surface area contributed by atoms with Crippen molar-refractivity contribution in [1.82, 2.24) is 15.0 Å². The Morgan fingerprint density at radius 2 is 2.15 bits per heavy atom. The van der Waals surface area contributed by atoms with Gasteiger partial charge in [0.15, 0.2) is 0 Å². The van der Waals surface area contributed by atoms with Gasteiger partial charge >= 0.3 is 0 Å². The maximum atomic E-state index is 13.5. The average molecular weight is 349 g/mol. The number of fused-ring (bicyclic) bond motifs is 3. The molecule has 0 fully saturated rings. The Hall–Kier alpha value is -2.73. The highest BCUT2D eigenvalue weighted by Crippen LogP contribution is 2.34. The van der Waals surface area contributed by atoms with E-state index >= 15 is 0 Å². The summed E-state index contributed by atoms with van der Waals surface area (Å²) in [5, 5.41) is 15.2. The fourth-order valence-corrected chi connectivity index (χ4v) is 4.25. The van der Waals surface area contributed by atoms with Crippen LogP contribution in [0.5, 0.6) is 0 Å². The van der Waals surface area contributed by atoms with Gasteiger partial charge in [-0.2, -0.15) is 0 Å². The van der Waals surface area contributed by atoms with Crippen LogP contribution in [-0.4, -0.2) is 32.6 Å². The zero-order valence-electron chi connectivity index (χ0n) is 14.5. The molecule has 5 rings (SSSR count). The molecule has 0 saturated heterocycles. The van der Waals surface area contributed by atoms with E-state index in [1.807, 2.05) is 31.2 Å². The number of carbonyl (C=O) groups excluding carboxylic acids is 1. The van der Waals surface area contributed by atoms with E-state index < -0.39 is 6.10 Å². The fourth-order valence-electron chi connectivity index (χ4n) is 4.25. The second-order valence-electron chi connectivity index (χ2n) is 7.11. The van der Waals surface area contributed by atoms with E-state index in [0.29, 0.717) is 35.4 Å². The predicted octanol–water partition coefficient (Wildman–Crippen LogP) is 2.71. The molecule has 6 heteroatoms. The molecule has 1 N–H and O–H groups in total. The van der Waals surface area contributed by atoms with Crippen LogP contribution in [0.2, 0.25) is 0 Å². The predicted molar refractivity (Wildman–Crippen MR) is 94.7 cm³/mol. The third kappa shape index (κ3) is 2.18. The molecule has 0 saturated carbocycles. The summed E-state index contributed by atoms with van der Waals surface area (Å²) in [5.74, 6) is -0.0737. The monoisotopic (exact) mass is 349 g/mol. The van der Waals surface area contributed by atoms with Crippen molar-refractivity contribution >= 4 is 17.0 Å². The van der Waals surface area contributed by atoms with Gasteiger partial charge in [-0.05, 0) is 42.9 Å². The number of carbonyl (C=O) groups is 1. The molecule has 1 aliphatic heterocycles. The van der Waals surface area contributed by atoms with Gasteiger partial charge < -0.3 is 14.5 Å². The van der Waals surface area contributed by atoms with Crippen LogP contribution < -0.4 is 0 Å². The molecule has 2 aliphatic rings. The first kappa shape index (κ1) is 15.5. The van der Waals surface area contributed by atoms with E-state index in [0.717, 1.165) is 41.6 Å². The summed E-state index contributed by atoms with van der Waals surface area (Å²) in [5.41, 5.74) is 5.63. The van der Waals surface area contributed by atoms with E-state index in [1.54, 1.807) is 4.90 Å². The molecule has 0 bridgehead atoms. The third-order valence-electron chi connectivity index (χ3n) is 5.49. The molecule has 1 atom stereocenters. The molecule has 0 radical (unpaired) electrons. The largest absolute Gasteiger partial charge is 0.387 e. The van der Waals surface area contributed by atoms with E-state index in [9.17, 15) is 9.90 Å². The van der Waals surface area contributed by atoms with Crippen LogP contribution in [-0.2, 0) is 19.4 Å². The van der Waals surface area contributed by atoms with Gasteiger partial charge in [0.1, 0.15) is 0 Å². The number of pyridine rings is 1. The second kappa shape index (κ2) is 5.64. The minimum absolute atomic E-state index is 0.0737. The Labute approximate surface area is 150 Å². The first-order chi connectivity index (χ1) is 12.6. The summed E-state index contributed by atoms with van der Waals surface area (Å²) < 4.78 is 5.35. The topological polar surface area (TPSA) is 79.5 Å². The molecular weight excluding hydrogens is 330 g/mol. The Morgan fingerprint density at radius 3 is 3.04 bits per heavy atom. The van der Waals surface area contributed by atoms with Gasteiger partial charge in [0.25, 0.3) is 11.6 Å². The minimum atomic E-state index is -0.669. The first-order valence-corrected chi connectivity index (χ1v) is 8.96. The molecule has 1 unspecified atom stereocenters. The molecule has 2 aromatic heterocycles. The highest BCUT2D eigenvalue weighted by atomic mass is 16.5. The fraction of sp³-hybridized carbons (Fsp3) is 0.350. The minimum Gasteiger partial charge on any atom is -0.387 e. The Morgan fingerprint density at radius 1 is 1.31 bits per heavy atom. The van der Waals surface area contributed by atoms with E-state index in [4.69, 9.17) is 4.52 Å². The Bertz CT molecular complexity index is 1040. The number of aromatic nitrogens is 2. The zero-order valence-corrected chi connectivity index (χ0v) is 14.5. The number of hydrogen-bond donors (Lipinski definition) is 1. The smallest absolute Gasteiger partial charge is 0.259 e. The van der Waals surface area contributed by atoms with Gasteiger partial charge in [-0.3, -0.25) is 4.79 Å². The summed E-state index contributed by atoms with van der Waals surface area (Å²) in [6.45, 7) is 2.62. The van der Waals surface area contributed by atoms with Crippen molar-refractivity contribution in [1.29, 1.82) is 0 Å². The number of β-amino-alcohol motifs (C(OH)–C–C–N with tert-alkyl or cyclic N) is 1. The lowest BCUT2D eigenvalue weighted by molar-refractivity contribution is 0.0550. The molecular formula is C20H19N3O3. The van der Waals surface area contributed by atoms with Gasteiger partial charge in [0, 0.05) is 12.2 Å². The SMILES string of the molecule is Cc1noc2nc3c(c(C(=O)N4Cc5ccccc5C(O)C4)c12)CCC3. The number of aliphatic hydroxyl groups excluding tert-OH is 1. The molecule has 1 aliphatic carbocycles. The Balaban J connectivity index is 1.63. The summed E-state index contributed by atoms with van der Waals surface area (Å²) in [6, 6.07) is 7.74. The van der Waals surface area contributed by atoms with Crippen LogP contribution in [0.3, 0.4) is 0 Å². The molecule has 0 spiro atoms. The van der Waals surface area contributed by atoms with Crippen molar-refractivity contribution in [2.45, 2.75) is 38.8 Å². The van der Waals surface area contributed by atoms with Crippen molar-refractivity contribution in [2.75, 3.05) is 6.54 Å². The van der Waals surface area contributed by atoms with Crippen molar-refractivity contribution in [3.05, 3.63) is 57.9 Å². The average Bonchev–Trinajstić information content (AvgIpc) is 3.26. The highest BCUT2D eigenvalue weighted by molar-refractivity contribution is 6.07. The first-order valence-electron chi connectivity index (χ1n) is 8.96. The van der Waals surface area contributed by atoms with Gasteiger partial charge in [-0.15, -0.1) is 0 Å². The standard InChI is InChI=1S/C20H19N3O3/c1-11-17-18(14-7-4-8-15(14)21-19(17)26-22-11)20(25)23-9-12-5-2-3-6-13(12)16(24)10-23/h2-3,5-6,16,24H,4,7-10H2,1H3. The van der Waals surface area contributed by atoms with Crippen LogP contribution in [0, 0.1) is 6.92 Å². The lowest BCUT2D eigenvalue weighted by Gasteiger charge is -2.32. The van der Waals surface area contributed by atoms with Crippen LogP contribution in [0.1, 0.15) is 51.0 Å². The van der Waals surface area contributed by atoms with Gasteiger partial charge in [-0.25, -0.2) is 4.98 Å². The normalized spacial score (nSPS) is 18.8. The number of nitrogens with zero attached hydrogens (tertiary/aromatic N) is 3. The van der Waals surface area contributed by atoms with Crippen LogP contribution in [0.15, 0.2) is 28.8 Å². The quantitative estimate of drug-likeness (QED) is 0.731. The summed E-state index contributed by atoms with van der Waals surface area (Å²) in [6.07, 6.45) is 2.03. The molecule has 26 heavy (non-hydrogen) atoms. The maximum Gasteiger partial charge on any atom is 0.259 e. The molecule has 3 heterocycles. The number of hydrogen-bond acceptors (Lipinski definition) is 5. The molecule has 3 aromatic rings. The zero-order chi connectivity index (χ0) is 17.8. The van der Waals surface area contributed by atoms with Gasteiger partial charge in [-0.1, -0.05) is 29.4 Å². The van der Waals surface area contributed by atoms with Gasteiger partial charge in [0.05, 0.1) is 29.3 Å². The number of rotatable bonds is 1. The summed E-state index contributed by atoms with van der Waals surface area (Å²) in [7, 11) is 0. The van der Waals surface area contributed by atoms with Crippen molar-refractivity contribution in [3.63, 3.8) is 0 Å². The van der Waals surface area contributed by atoms with Crippen LogP contribution in [0.4, 0.5) is 0 Å².